The van der Waals surface area contributed by atoms with Crippen molar-refractivity contribution >= 4 is 29.0 Å². The van der Waals surface area contributed by atoms with Crippen molar-refractivity contribution in [2.24, 2.45) is 0 Å². The lowest BCUT2D eigenvalue weighted by molar-refractivity contribution is -0.274. The first-order chi connectivity index (χ1) is 16.2. The van der Waals surface area contributed by atoms with E-state index in [0.717, 1.165) is 18.9 Å². The smallest absolute Gasteiger partial charge is 0.406 e. The van der Waals surface area contributed by atoms with Gasteiger partial charge in [0, 0.05) is 29.2 Å². The van der Waals surface area contributed by atoms with E-state index in [4.69, 9.17) is 16.3 Å². The number of ether oxygens (including phenoxy) is 2. The number of hydrogen-bond acceptors (Lipinski definition) is 5. The predicted octanol–water partition coefficient (Wildman–Crippen LogP) is 5.78. The highest BCUT2D eigenvalue weighted by molar-refractivity contribution is 6.33. The molecule has 34 heavy (non-hydrogen) atoms. The standard InChI is InChI=1S/C24H21ClF3N3O3/c1-15-14-31(10-11-33-15)22-9-5-18(13-29-22)30-23(32)17-4-8-21(25)20(12-17)16-2-6-19(7-3-16)34-24(26,27)28/h2-9,12-13,15H,10-11,14H2,1H3,(H,30,32)/t15-/m1/s1. The molecule has 6 nitrogen and oxygen atoms in total. The lowest BCUT2D eigenvalue weighted by Crippen LogP contribution is -2.41. The summed E-state index contributed by atoms with van der Waals surface area (Å²) in [4.78, 5) is 19.4. The van der Waals surface area contributed by atoms with Crippen molar-refractivity contribution in [3.8, 4) is 16.9 Å². The van der Waals surface area contributed by atoms with Crippen LogP contribution in [0.1, 0.15) is 17.3 Å². The van der Waals surface area contributed by atoms with Crippen LogP contribution in [-0.4, -0.2) is 43.1 Å². The van der Waals surface area contributed by atoms with Crippen LogP contribution >= 0.6 is 11.6 Å². The highest BCUT2D eigenvalue weighted by atomic mass is 35.5. The van der Waals surface area contributed by atoms with Crippen LogP contribution in [0, 0.1) is 0 Å². The fourth-order valence-corrected chi connectivity index (χ4v) is 3.83. The summed E-state index contributed by atoms with van der Waals surface area (Å²) in [7, 11) is 0. The minimum atomic E-state index is -4.77. The maximum Gasteiger partial charge on any atom is 0.573 e. The number of halogens is 4. The zero-order chi connectivity index (χ0) is 24.3. The van der Waals surface area contributed by atoms with Gasteiger partial charge < -0.3 is 19.7 Å². The third-order valence-electron chi connectivity index (χ3n) is 5.20. The predicted molar refractivity (Wildman–Crippen MR) is 123 cm³/mol. The van der Waals surface area contributed by atoms with Crippen molar-refractivity contribution in [3.63, 3.8) is 0 Å². The first-order valence-electron chi connectivity index (χ1n) is 10.5. The SMILES string of the molecule is C[C@@H]1CN(c2ccc(NC(=O)c3ccc(Cl)c(-c4ccc(OC(F)(F)F)cc4)c3)cn2)CCO1. The van der Waals surface area contributed by atoms with E-state index in [-0.39, 0.29) is 17.8 Å². The fraction of sp³-hybridized carbons (Fsp3) is 0.250. The second-order valence-electron chi connectivity index (χ2n) is 7.75. The number of nitrogens with one attached hydrogen (secondary N) is 1. The molecule has 0 spiro atoms. The second kappa shape index (κ2) is 9.90. The maximum atomic E-state index is 12.8. The van der Waals surface area contributed by atoms with Gasteiger partial charge in [0.2, 0.25) is 0 Å². The van der Waals surface area contributed by atoms with Gasteiger partial charge in [-0.2, -0.15) is 0 Å². The molecule has 0 unspecified atom stereocenters. The van der Waals surface area contributed by atoms with Gasteiger partial charge in [0.15, 0.2) is 0 Å². The number of carbonyl (C=O) groups excluding carboxylic acids is 1. The van der Waals surface area contributed by atoms with Crippen LogP contribution in [0.5, 0.6) is 5.75 Å². The second-order valence-corrected chi connectivity index (χ2v) is 8.16. The fourth-order valence-electron chi connectivity index (χ4n) is 3.60. The average molecular weight is 492 g/mol. The highest BCUT2D eigenvalue weighted by Crippen LogP contribution is 2.32. The van der Waals surface area contributed by atoms with E-state index in [1.165, 1.54) is 24.3 Å². The third kappa shape index (κ3) is 5.98. The molecule has 10 heteroatoms. The number of nitrogens with zero attached hydrogens (tertiary/aromatic N) is 2. The van der Waals surface area contributed by atoms with Gasteiger partial charge in [-0.25, -0.2) is 4.98 Å². The molecule has 0 radical (unpaired) electrons. The Morgan fingerprint density at radius 1 is 1.18 bits per heavy atom. The Morgan fingerprint density at radius 3 is 2.59 bits per heavy atom. The van der Waals surface area contributed by atoms with Crippen molar-refractivity contribution in [2.75, 3.05) is 29.9 Å². The van der Waals surface area contributed by atoms with Gasteiger partial charge in [0.05, 0.1) is 24.6 Å². The summed E-state index contributed by atoms with van der Waals surface area (Å²) in [5.41, 5.74) is 1.91. The van der Waals surface area contributed by atoms with Crippen LogP contribution in [0.4, 0.5) is 24.7 Å². The van der Waals surface area contributed by atoms with E-state index >= 15 is 0 Å². The van der Waals surface area contributed by atoms with Crippen LogP contribution < -0.4 is 15.0 Å². The van der Waals surface area contributed by atoms with E-state index in [1.807, 2.05) is 13.0 Å². The molecule has 1 N–H and O–H groups in total. The summed E-state index contributed by atoms with van der Waals surface area (Å²) >= 11 is 6.28. The number of amides is 1. The van der Waals surface area contributed by atoms with E-state index in [9.17, 15) is 18.0 Å². The van der Waals surface area contributed by atoms with Crippen molar-refractivity contribution in [2.45, 2.75) is 19.4 Å². The van der Waals surface area contributed by atoms with Gasteiger partial charge in [-0.1, -0.05) is 23.7 Å². The van der Waals surface area contributed by atoms with Crippen molar-refractivity contribution in [3.05, 3.63) is 71.4 Å². The molecule has 2 heterocycles. The Bertz CT molecular complexity index is 1150. The number of morpholine rings is 1. The zero-order valence-corrected chi connectivity index (χ0v) is 18.9. The molecule has 0 aliphatic carbocycles. The summed E-state index contributed by atoms with van der Waals surface area (Å²) in [6.07, 6.45) is -3.06. The van der Waals surface area contributed by atoms with Crippen LogP contribution in [0.15, 0.2) is 60.8 Å². The molecule has 3 aromatic rings. The minimum absolute atomic E-state index is 0.127. The first-order valence-corrected chi connectivity index (χ1v) is 10.9. The van der Waals surface area contributed by atoms with E-state index in [1.54, 1.807) is 30.5 Å². The maximum absolute atomic E-state index is 12.8. The van der Waals surface area contributed by atoms with E-state index in [0.29, 0.717) is 34.0 Å². The van der Waals surface area contributed by atoms with E-state index in [2.05, 4.69) is 19.9 Å². The molecule has 0 saturated carbocycles. The molecule has 2 aromatic carbocycles. The number of alkyl halides is 3. The number of rotatable bonds is 5. The Hall–Kier alpha value is -3.30. The van der Waals surface area contributed by atoms with Crippen LogP contribution in [0.3, 0.4) is 0 Å². The number of hydrogen-bond donors (Lipinski definition) is 1. The lowest BCUT2D eigenvalue weighted by atomic mass is 10.0. The zero-order valence-electron chi connectivity index (χ0n) is 18.1. The van der Waals surface area contributed by atoms with Gasteiger partial charge in [-0.15, -0.1) is 13.2 Å². The number of pyridine rings is 1. The van der Waals surface area contributed by atoms with Crippen molar-refractivity contribution in [1.29, 1.82) is 0 Å². The number of anilines is 2. The molecule has 1 aliphatic heterocycles. The van der Waals surface area contributed by atoms with Crippen LogP contribution in [0.2, 0.25) is 5.02 Å². The topological polar surface area (TPSA) is 63.7 Å². The normalized spacial score (nSPS) is 16.3. The summed E-state index contributed by atoms with van der Waals surface area (Å²) in [6.45, 7) is 4.14. The molecule has 1 aromatic heterocycles. The van der Waals surface area contributed by atoms with Gasteiger partial charge in [0.1, 0.15) is 11.6 Å². The van der Waals surface area contributed by atoms with Gasteiger partial charge in [-0.3, -0.25) is 4.79 Å². The van der Waals surface area contributed by atoms with Gasteiger partial charge >= 0.3 is 6.36 Å². The molecule has 1 saturated heterocycles. The van der Waals surface area contributed by atoms with Gasteiger partial charge in [-0.05, 0) is 55.0 Å². The summed E-state index contributed by atoms with van der Waals surface area (Å²) in [5.74, 6) is 0.0908. The Balaban J connectivity index is 1.46. The molecule has 1 fully saturated rings. The molecule has 4 rings (SSSR count). The molecular weight excluding hydrogens is 471 g/mol. The van der Waals surface area contributed by atoms with Crippen LogP contribution in [-0.2, 0) is 4.74 Å². The summed E-state index contributed by atoms with van der Waals surface area (Å²) in [6, 6.07) is 13.6. The van der Waals surface area contributed by atoms with Crippen LogP contribution in [0.25, 0.3) is 11.1 Å². The van der Waals surface area contributed by atoms with E-state index < -0.39 is 6.36 Å². The summed E-state index contributed by atoms with van der Waals surface area (Å²) < 4.78 is 46.6. The molecule has 0 bridgehead atoms. The number of aromatic nitrogens is 1. The summed E-state index contributed by atoms with van der Waals surface area (Å²) in [5, 5.41) is 3.15. The Labute approximate surface area is 199 Å². The molecule has 1 amide bonds. The molecule has 1 atom stereocenters. The lowest BCUT2D eigenvalue weighted by Gasteiger charge is -2.32. The Kier molecular flexibility index (Phi) is 6.95. The minimum Gasteiger partial charge on any atom is -0.406 e. The number of benzene rings is 2. The quantitative estimate of drug-likeness (QED) is 0.490. The van der Waals surface area contributed by atoms with Gasteiger partial charge in [0.25, 0.3) is 5.91 Å². The monoisotopic (exact) mass is 491 g/mol. The molecule has 1 aliphatic rings. The molecular formula is C24H21ClF3N3O3. The largest absolute Gasteiger partial charge is 0.573 e. The Morgan fingerprint density at radius 2 is 1.94 bits per heavy atom. The average Bonchev–Trinajstić information content (AvgIpc) is 2.79. The third-order valence-corrected chi connectivity index (χ3v) is 5.53. The first kappa shape index (κ1) is 23.8. The number of carbonyl (C=O) groups is 1. The highest BCUT2D eigenvalue weighted by Gasteiger charge is 2.31. The molecule has 178 valence electrons. The van der Waals surface area contributed by atoms with Crippen molar-refractivity contribution < 1.29 is 27.4 Å². The van der Waals surface area contributed by atoms with Crippen molar-refractivity contribution in [1.82, 2.24) is 4.98 Å².